The van der Waals surface area contributed by atoms with Crippen LogP contribution >= 0.6 is 0 Å². The molecule has 0 fully saturated rings. The molecule has 2 aromatic rings. The maximum absolute atomic E-state index is 10.5. The van der Waals surface area contributed by atoms with Gasteiger partial charge in [-0.3, -0.25) is 0 Å². The molecule has 9 heteroatoms. The molecule has 0 bridgehead atoms. The summed E-state index contributed by atoms with van der Waals surface area (Å²) in [5, 5.41) is 20.9. The predicted octanol–water partition coefficient (Wildman–Crippen LogP) is 1.25. The summed E-state index contributed by atoms with van der Waals surface area (Å²) in [5.41, 5.74) is -0.196. The summed E-state index contributed by atoms with van der Waals surface area (Å²) in [5.74, 6) is -1.91. The average Bonchev–Trinajstić information content (AvgIpc) is 2.69. The van der Waals surface area contributed by atoms with Gasteiger partial charge in [0.05, 0.1) is 36.5 Å². The van der Waals surface area contributed by atoms with Crippen molar-refractivity contribution in [3.05, 3.63) is 47.8 Å². The Morgan fingerprint density at radius 1 is 0.793 bits per heavy atom. The first-order valence-corrected chi connectivity index (χ1v) is 9.10. The normalized spacial score (nSPS) is 9.45. The van der Waals surface area contributed by atoms with Crippen LogP contribution in [0.25, 0.3) is 0 Å². The Morgan fingerprint density at radius 3 is 1.48 bits per heavy atom. The zero-order valence-electron chi connectivity index (χ0n) is 16.8. The molecular formula is C20H24N2O6Zn. The number of hydrogen-bond donors (Lipinski definition) is 0. The van der Waals surface area contributed by atoms with Crippen LogP contribution in [-0.2, 0) is 19.5 Å². The van der Waals surface area contributed by atoms with Crippen molar-refractivity contribution in [2.45, 2.75) is 39.5 Å². The number of ether oxygens (including phenoxy) is 2. The predicted molar refractivity (Wildman–Crippen MR) is 97.9 cm³/mol. The maximum Gasteiger partial charge on any atom is 2.00 e. The maximum atomic E-state index is 10.5. The van der Waals surface area contributed by atoms with Crippen LogP contribution < -0.4 is 19.7 Å². The van der Waals surface area contributed by atoms with Gasteiger partial charge in [-0.1, -0.05) is 38.8 Å². The molecule has 0 unspecified atom stereocenters. The Morgan fingerprint density at radius 2 is 1.17 bits per heavy atom. The molecule has 0 aromatic carbocycles. The monoisotopic (exact) mass is 452 g/mol. The van der Waals surface area contributed by atoms with Crippen molar-refractivity contribution in [1.29, 1.82) is 0 Å². The summed E-state index contributed by atoms with van der Waals surface area (Å²) in [6.07, 6.45) is 3.91. The summed E-state index contributed by atoms with van der Waals surface area (Å²) >= 11 is 0. The van der Waals surface area contributed by atoms with Crippen LogP contribution in [0.15, 0.2) is 36.4 Å². The molecule has 0 N–H and O–H groups in total. The molecular weight excluding hydrogens is 430 g/mol. The summed E-state index contributed by atoms with van der Waals surface area (Å²) in [4.78, 5) is 28.4. The number of carboxylic acid groups (broad SMARTS) is 2. The standard InChI is InChI=1S/2C10H13NO3.Zn/c2*1-2-3-7-14-9-6-4-5-8(11-9)10(12)13;/h2*4-6H,2-3,7H2,1H3,(H,12,13);/q;;+2/p-2. The van der Waals surface area contributed by atoms with Crippen LogP contribution in [0.1, 0.15) is 60.5 Å². The van der Waals surface area contributed by atoms with Gasteiger partial charge in [0.1, 0.15) is 0 Å². The largest absolute Gasteiger partial charge is 2.00 e. The molecule has 0 aliphatic rings. The van der Waals surface area contributed by atoms with E-state index in [0.29, 0.717) is 25.0 Å². The van der Waals surface area contributed by atoms with E-state index in [0.717, 1.165) is 25.7 Å². The number of aromatic carboxylic acids is 2. The molecule has 0 aliphatic heterocycles. The average molecular weight is 454 g/mol. The topological polar surface area (TPSA) is 125 Å². The zero-order valence-corrected chi connectivity index (χ0v) is 19.7. The molecule has 0 saturated carbocycles. The Bertz CT molecular complexity index is 694. The fourth-order valence-corrected chi connectivity index (χ4v) is 1.86. The number of hydrogen-bond acceptors (Lipinski definition) is 8. The molecule has 152 valence electrons. The second-order valence-electron chi connectivity index (χ2n) is 5.70. The minimum Gasteiger partial charge on any atom is -0.543 e. The van der Waals surface area contributed by atoms with E-state index < -0.39 is 11.9 Å². The molecule has 0 radical (unpaired) electrons. The van der Waals surface area contributed by atoms with Crippen LogP contribution in [0.3, 0.4) is 0 Å². The minimum absolute atomic E-state index is 0. The summed E-state index contributed by atoms with van der Waals surface area (Å²) in [6.45, 7) is 5.21. The molecule has 0 atom stereocenters. The zero-order chi connectivity index (χ0) is 20.8. The van der Waals surface area contributed by atoms with Gasteiger partial charge in [-0.2, -0.15) is 0 Å². The first kappa shape index (κ1) is 26.5. The first-order valence-electron chi connectivity index (χ1n) is 9.10. The first-order chi connectivity index (χ1) is 13.5. The van der Waals surface area contributed by atoms with E-state index in [1.165, 1.54) is 12.1 Å². The number of nitrogens with zero attached hydrogens (tertiary/aromatic N) is 2. The van der Waals surface area contributed by atoms with E-state index in [2.05, 4.69) is 9.97 Å². The van der Waals surface area contributed by atoms with Gasteiger partial charge in [-0.05, 0) is 25.0 Å². The fraction of sp³-hybridized carbons (Fsp3) is 0.400. The smallest absolute Gasteiger partial charge is 0.543 e. The van der Waals surface area contributed by atoms with E-state index in [1.807, 2.05) is 13.8 Å². The van der Waals surface area contributed by atoms with Gasteiger partial charge in [-0.15, -0.1) is 0 Å². The fourth-order valence-electron chi connectivity index (χ4n) is 1.86. The van der Waals surface area contributed by atoms with Gasteiger partial charge in [0.15, 0.2) is 0 Å². The Labute approximate surface area is 183 Å². The second kappa shape index (κ2) is 15.4. The summed E-state index contributed by atoms with van der Waals surface area (Å²) in [6, 6.07) is 9.17. The van der Waals surface area contributed by atoms with E-state index in [1.54, 1.807) is 24.3 Å². The van der Waals surface area contributed by atoms with Crippen molar-refractivity contribution in [3.8, 4) is 11.8 Å². The van der Waals surface area contributed by atoms with Crippen LogP contribution in [0.2, 0.25) is 0 Å². The Hall–Kier alpha value is -2.54. The molecule has 0 aliphatic carbocycles. The van der Waals surface area contributed by atoms with Crippen molar-refractivity contribution < 1.29 is 48.8 Å². The molecule has 8 nitrogen and oxygen atoms in total. The van der Waals surface area contributed by atoms with E-state index in [9.17, 15) is 19.8 Å². The minimum atomic E-state index is -1.29. The summed E-state index contributed by atoms with van der Waals surface area (Å²) in [7, 11) is 0. The van der Waals surface area contributed by atoms with Crippen LogP contribution in [0, 0.1) is 0 Å². The number of rotatable bonds is 10. The van der Waals surface area contributed by atoms with Crippen molar-refractivity contribution in [1.82, 2.24) is 9.97 Å². The molecule has 0 amide bonds. The SMILES string of the molecule is CCCCOc1cccc(C(=O)[O-])n1.CCCCOc1cccc(C(=O)[O-])n1.[Zn+2]. The number of carbonyl (C=O) groups excluding carboxylic acids is 2. The van der Waals surface area contributed by atoms with Gasteiger partial charge in [-0.25, -0.2) is 9.97 Å². The molecule has 0 saturated heterocycles. The van der Waals surface area contributed by atoms with Crippen molar-refractivity contribution in [3.63, 3.8) is 0 Å². The quantitative estimate of drug-likeness (QED) is 0.389. The van der Waals surface area contributed by atoms with Crippen LogP contribution in [0.5, 0.6) is 11.8 Å². The third-order valence-corrected chi connectivity index (χ3v) is 3.36. The van der Waals surface area contributed by atoms with Crippen LogP contribution in [0.4, 0.5) is 0 Å². The molecule has 2 rings (SSSR count). The molecule has 2 aromatic heterocycles. The van der Waals surface area contributed by atoms with E-state index >= 15 is 0 Å². The third kappa shape index (κ3) is 11.1. The number of unbranched alkanes of at least 4 members (excludes halogenated alkanes) is 2. The van der Waals surface area contributed by atoms with Gasteiger partial charge in [0.25, 0.3) is 0 Å². The number of aromatic nitrogens is 2. The van der Waals surface area contributed by atoms with Gasteiger partial charge in [0, 0.05) is 12.1 Å². The molecule has 29 heavy (non-hydrogen) atoms. The molecule has 0 spiro atoms. The van der Waals surface area contributed by atoms with Crippen molar-refractivity contribution in [2.75, 3.05) is 13.2 Å². The van der Waals surface area contributed by atoms with Crippen LogP contribution in [-0.4, -0.2) is 35.1 Å². The van der Waals surface area contributed by atoms with Gasteiger partial charge in [0.2, 0.25) is 11.8 Å². The van der Waals surface area contributed by atoms with Crippen molar-refractivity contribution >= 4 is 11.9 Å². The summed E-state index contributed by atoms with van der Waals surface area (Å²) < 4.78 is 10.5. The molecule has 2 heterocycles. The number of carbonyl (C=O) groups is 2. The number of pyridine rings is 2. The van der Waals surface area contributed by atoms with Gasteiger partial charge < -0.3 is 29.3 Å². The van der Waals surface area contributed by atoms with Crippen molar-refractivity contribution in [2.24, 2.45) is 0 Å². The van der Waals surface area contributed by atoms with Gasteiger partial charge >= 0.3 is 19.5 Å². The van der Waals surface area contributed by atoms with E-state index in [-0.39, 0.29) is 30.9 Å². The Balaban J connectivity index is 0.000000523. The second-order valence-corrected chi connectivity index (χ2v) is 5.70. The Kier molecular flexibility index (Phi) is 14.0. The third-order valence-electron chi connectivity index (χ3n) is 3.36. The van der Waals surface area contributed by atoms with E-state index in [4.69, 9.17) is 9.47 Å². The number of carboxylic acids is 2.